The first-order chi connectivity index (χ1) is 11.7. The number of aromatic amines is 1. The van der Waals surface area contributed by atoms with E-state index in [9.17, 15) is 4.79 Å². The molecule has 120 valence electrons. The number of urea groups is 1. The molecule has 0 fully saturated rings. The molecule has 0 saturated heterocycles. The zero-order chi connectivity index (χ0) is 16.5. The number of anilines is 1. The van der Waals surface area contributed by atoms with Crippen molar-refractivity contribution < 1.29 is 4.79 Å². The SMILES string of the molecule is Cn1cc(NC(=O)NCc2cc3ccccc3[nH]2)c2ccccc21. The third-order valence-electron chi connectivity index (χ3n) is 4.17. The summed E-state index contributed by atoms with van der Waals surface area (Å²) < 4.78 is 2.00. The van der Waals surface area contributed by atoms with Crippen LogP contribution < -0.4 is 10.6 Å². The molecule has 0 bridgehead atoms. The van der Waals surface area contributed by atoms with Crippen molar-refractivity contribution in [2.45, 2.75) is 6.54 Å². The van der Waals surface area contributed by atoms with Crippen LogP contribution in [0.5, 0.6) is 0 Å². The van der Waals surface area contributed by atoms with E-state index in [0.29, 0.717) is 6.54 Å². The molecule has 4 aromatic rings. The van der Waals surface area contributed by atoms with Gasteiger partial charge in [0, 0.05) is 35.4 Å². The summed E-state index contributed by atoms with van der Waals surface area (Å²) in [6.45, 7) is 0.450. The number of carbonyl (C=O) groups excluding carboxylic acids is 1. The Morgan fingerprint density at radius 1 is 1.12 bits per heavy atom. The summed E-state index contributed by atoms with van der Waals surface area (Å²) in [4.78, 5) is 15.5. The molecule has 2 amide bonds. The number of nitrogens with zero attached hydrogens (tertiary/aromatic N) is 1. The van der Waals surface area contributed by atoms with Crippen LogP contribution in [-0.4, -0.2) is 15.6 Å². The van der Waals surface area contributed by atoms with E-state index in [1.807, 2.05) is 72.4 Å². The van der Waals surface area contributed by atoms with Gasteiger partial charge in [0.1, 0.15) is 0 Å². The van der Waals surface area contributed by atoms with Crippen molar-refractivity contribution >= 4 is 33.5 Å². The van der Waals surface area contributed by atoms with Crippen LogP contribution in [0.1, 0.15) is 5.69 Å². The molecule has 2 aromatic carbocycles. The number of H-pyrrole nitrogens is 1. The monoisotopic (exact) mass is 318 g/mol. The van der Waals surface area contributed by atoms with Gasteiger partial charge in [-0.25, -0.2) is 4.79 Å². The molecule has 0 aliphatic carbocycles. The second-order valence-electron chi connectivity index (χ2n) is 5.86. The number of aryl methyl sites for hydroxylation is 1. The molecular formula is C19H18N4O. The highest BCUT2D eigenvalue weighted by Crippen LogP contribution is 2.24. The van der Waals surface area contributed by atoms with E-state index < -0.39 is 0 Å². The molecule has 4 rings (SSSR count). The molecule has 3 N–H and O–H groups in total. The summed E-state index contributed by atoms with van der Waals surface area (Å²) in [5.74, 6) is 0. The van der Waals surface area contributed by atoms with Crippen molar-refractivity contribution in [3.8, 4) is 0 Å². The van der Waals surface area contributed by atoms with Gasteiger partial charge in [-0.2, -0.15) is 0 Å². The van der Waals surface area contributed by atoms with Crippen LogP contribution in [0.25, 0.3) is 21.8 Å². The molecule has 2 heterocycles. The predicted octanol–water partition coefficient (Wildman–Crippen LogP) is 3.98. The summed E-state index contributed by atoms with van der Waals surface area (Å²) >= 11 is 0. The van der Waals surface area contributed by atoms with Crippen LogP contribution in [0, 0.1) is 0 Å². The highest BCUT2D eigenvalue weighted by molar-refractivity contribution is 6.01. The number of hydrogen-bond acceptors (Lipinski definition) is 1. The van der Waals surface area contributed by atoms with E-state index in [-0.39, 0.29) is 6.03 Å². The van der Waals surface area contributed by atoms with Crippen molar-refractivity contribution in [1.29, 1.82) is 0 Å². The average molecular weight is 318 g/mol. The topological polar surface area (TPSA) is 61.9 Å². The number of benzene rings is 2. The Kier molecular flexibility index (Phi) is 3.46. The second-order valence-corrected chi connectivity index (χ2v) is 5.86. The Morgan fingerprint density at radius 3 is 2.79 bits per heavy atom. The first-order valence-electron chi connectivity index (χ1n) is 7.86. The number of nitrogens with one attached hydrogen (secondary N) is 3. The number of hydrogen-bond donors (Lipinski definition) is 3. The lowest BCUT2D eigenvalue weighted by Gasteiger charge is -2.05. The molecule has 5 nitrogen and oxygen atoms in total. The highest BCUT2D eigenvalue weighted by Gasteiger charge is 2.09. The number of carbonyl (C=O) groups is 1. The Bertz CT molecular complexity index is 995. The predicted molar refractivity (Wildman–Crippen MR) is 97.1 cm³/mol. The Morgan fingerprint density at radius 2 is 1.92 bits per heavy atom. The van der Waals surface area contributed by atoms with Gasteiger partial charge < -0.3 is 20.2 Å². The molecule has 0 saturated carbocycles. The third kappa shape index (κ3) is 2.60. The smallest absolute Gasteiger partial charge is 0.319 e. The van der Waals surface area contributed by atoms with Crippen molar-refractivity contribution in [3.05, 3.63) is 66.5 Å². The fourth-order valence-corrected chi connectivity index (χ4v) is 3.01. The van der Waals surface area contributed by atoms with E-state index in [4.69, 9.17) is 0 Å². The molecule has 2 aromatic heterocycles. The lowest BCUT2D eigenvalue weighted by molar-refractivity contribution is 0.251. The number of para-hydroxylation sites is 2. The highest BCUT2D eigenvalue weighted by atomic mass is 16.2. The maximum absolute atomic E-state index is 12.2. The van der Waals surface area contributed by atoms with Crippen molar-refractivity contribution in [2.24, 2.45) is 7.05 Å². The minimum atomic E-state index is -0.218. The minimum Gasteiger partial charge on any atom is -0.357 e. The Balaban J connectivity index is 1.46. The van der Waals surface area contributed by atoms with E-state index in [0.717, 1.165) is 33.2 Å². The summed E-state index contributed by atoms with van der Waals surface area (Å²) in [5, 5.41) is 7.99. The normalized spacial score (nSPS) is 11.0. The van der Waals surface area contributed by atoms with E-state index in [1.165, 1.54) is 0 Å². The van der Waals surface area contributed by atoms with Crippen molar-refractivity contribution in [1.82, 2.24) is 14.9 Å². The number of fused-ring (bicyclic) bond motifs is 2. The van der Waals surface area contributed by atoms with Gasteiger partial charge in [0.15, 0.2) is 0 Å². The van der Waals surface area contributed by atoms with Gasteiger partial charge in [0.05, 0.1) is 12.2 Å². The second kappa shape index (κ2) is 5.77. The van der Waals surface area contributed by atoms with Gasteiger partial charge in [0.25, 0.3) is 0 Å². The summed E-state index contributed by atoms with van der Waals surface area (Å²) in [7, 11) is 1.97. The molecule has 24 heavy (non-hydrogen) atoms. The van der Waals surface area contributed by atoms with Gasteiger partial charge in [0.2, 0.25) is 0 Å². The molecule has 0 spiro atoms. The fourth-order valence-electron chi connectivity index (χ4n) is 3.01. The number of rotatable bonds is 3. The molecule has 0 aliphatic heterocycles. The molecule has 0 radical (unpaired) electrons. The summed E-state index contributed by atoms with van der Waals surface area (Å²) in [6.07, 6.45) is 1.92. The maximum atomic E-state index is 12.2. The van der Waals surface area contributed by atoms with E-state index >= 15 is 0 Å². The molecule has 0 unspecified atom stereocenters. The zero-order valence-corrected chi connectivity index (χ0v) is 13.3. The fraction of sp³-hybridized carbons (Fsp3) is 0.105. The lowest BCUT2D eigenvalue weighted by atomic mass is 10.2. The van der Waals surface area contributed by atoms with Crippen LogP contribution in [-0.2, 0) is 13.6 Å². The van der Waals surface area contributed by atoms with Crippen LogP contribution in [0.15, 0.2) is 60.8 Å². The Hall–Kier alpha value is -3.21. The largest absolute Gasteiger partial charge is 0.357 e. The number of amides is 2. The van der Waals surface area contributed by atoms with Gasteiger partial charge in [-0.05, 0) is 23.6 Å². The zero-order valence-electron chi connectivity index (χ0n) is 13.3. The standard InChI is InChI=1S/C19H18N4O/c1-23-12-17(15-7-3-5-9-18(15)23)22-19(24)20-11-14-10-13-6-2-4-8-16(13)21-14/h2-10,12,21H,11H2,1H3,(H2,20,22,24). The van der Waals surface area contributed by atoms with Crippen LogP contribution >= 0.6 is 0 Å². The molecule has 5 heteroatoms. The molecule has 0 aliphatic rings. The first kappa shape index (κ1) is 14.4. The van der Waals surface area contributed by atoms with E-state index in [2.05, 4.69) is 15.6 Å². The van der Waals surface area contributed by atoms with E-state index in [1.54, 1.807) is 0 Å². The summed E-state index contributed by atoms with van der Waals surface area (Å²) in [5.41, 5.74) is 3.94. The Labute approximate surface area is 139 Å². The van der Waals surface area contributed by atoms with Crippen molar-refractivity contribution in [3.63, 3.8) is 0 Å². The summed E-state index contributed by atoms with van der Waals surface area (Å²) in [6, 6.07) is 17.9. The van der Waals surface area contributed by atoms with Gasteiger partial charge in [-0.3, -0.25) is 0 Å². The molecule has 0 atom stereocenters. The maximum Gasteiger partial charge on any atom is 0.319 e. The van der Waals surface area contributed by atoms with Gasteiger partial charge >= 0.3 is 6.03 Å². The average Bonchev–Trinajstić information content (AvgIpc) is 3.15. The third-order valence-corrected chi connectivity index (χ3v) is 4.17. The van der Waals surface area contributed by atoms with Crippen LogP contribution in [0.3, 0.4) is 0 Å². The lowest BCUT2D eigenvalue weighted by Crippen LogP contribution is -2.28. The first-order valence-corrected chi connectivity index (χ1v) is 7.86. The van der Waals surface area contributed by atoms with Gasteiger partial charge in [-0.15, -0.1) is 0 Å². The quantitative estimate of drug-likeness (QED) is 0.525. The number of aromatic nitrogens is 2. The molecular weight excluding hydrogens is 300 g/mol. The van der Waals surface area contributed by atoms with Crippen molar-refractivity contribution in [2.75, 3.05) is 5.32 Å². The van der Waals surface area contributed by atoms with Crippen LogP contribution in [0.4, 0.5) is 10.5 Å². The minimum absolute atomic E-state index is 0.218. The van der Waals surface area contributed by atoms with Crippen LogP contribution in [0.2, 0.25) is 0 Å². The van der Waals surface area contributed by atoms with Gasteiger partial charge in [-0.1, -0.05) is 36.4 Å².